The van der Waals surface area contributed by atoms with Crippen molar-refractivity contribution in [2.45, 2.75) is 32.2 Å². The van der Waals surface area contributed by atoms with E-state index in [-0.39, 0.29) is 5.91 Å². The Morgan fingerprint density at radius 3 is 2.70 bits per heavy atom. The lowest BCUT2D eigenvalue weighted by Gasteiger charge is -2.19. The largest absolute Gasteiger partial charge is 0.397 e. The molecule has 1 aromatic carbocycles. The van der Waals surface area contributed by atoms with Crippen molar-refractivity contribution in [1.29, 1.82) is 0 Å². The first kappa shape index (κ1) is 15.4. The Balaban J connectivity index is 1.91. The van der Waals surface area contributed by atoms with Gasteiger partial charge in [-0.2, -0.15) is 0 Å². The zero-order valence-corrected chi connectivity index (χ0v) is 13.0. The minimum absolute atomic E-state index is 0.0833. The Morgan fingerprint density at radius 2 is 2.15 bits per heavy atom. The summed E-state index contributed by atoms with van der Waals surface area (Å²) in [5.41, 5.74) is 6.64. The van der Waals surface area contributed by atoms with E-state index < -0.39 is 0 Å². The maximum atomic E-state index is 12.0. The Hall–Kier alpha value is -0.970. The van der Waals surface area contributed by atoms with Gasteiger partial charge in [0.15, 0.2) is 0 Å². The molecule has 1 amide bonds. The van der Waals surface area contributed by atoms with Gasteiger partial charge in [0.25, 0.3) is 0 Å². The number of nitrogens with two attached hydrogens (primary N) is 1. The second-order valence-corrected chi connectivity index (χ2v) is 5.85. The fraction of sp³-hybridized carbons (Fsp3) is 0.500. The average molecular weight is 316 g/mol. The van der Waals surface area contributed by atoms with E-state index in [1.807, 2.05) is 0 Å². The molecule has 0 unspecified atom stereocenters. The van der Waals surface area contributed by atoms with Crippen molar-refractivity contribution in [3.05, 3.63) is 22.2 Å². The highest BCUT2D eigenvalue weighted by molar-refractivity contribution is 6.37. The quantitative estimate of drug-likeness (QED) is 0.791. The summed E-state index contributed by atoms with van der Waals surface area (Å²) in [5.74, 6) is -0.0833. The molecule has 4 nitrogen and oxygen atoms in total. The maximum Gasteiger partial charge on any atom is 0.225 e. The third-order valence-electron chi connectivity index (χ3n) is 3.45. The highest BCUT2D eigenvalue weighted by Gasteiger charge is 2.27. The zero-order chi connectivity index (χ0) is 14.7. The Labute approximate surface area is 129 Å². The molecule has 0 heterocycles. The van der Waals surface area contributed by atoms with Gasteiger partial charge in [0.1, 0.15) is 0 Å². The fourth-order valence-electron chi connectivity index (χ4n) is 2.21. The summed E-state index contributed by atoms with van der Waals surface area (Å²) < 4.78 is 0. The molecule has 1 aliphatic rings. The van der Waals surface area contributed by atoms with E-state index in [0.717, 1.165) is 13.1 Å². The second-order valence-electron chi connectivity index (χ2n) is 5.01. The van der Waals surface area contributed by atoms with Crippen LogP contribution in [0, 0.1) is 0 Å². The molecule has 0 spiro atoms. The Kier molecular flexibility index (Phi) is 5.13. The summed E-state index contributed by atoms with van der Waals surface area (Å²) in [5, 5.41) is 3.58. The fourth-order valence-corrected chi connectivity index (χ4v) is 2.77. The van der Waals surface area contributed by atoms with Crippen molar-refractivity contribution in [3.63, 3.8) is 0 Å². The van der Waals surface area contributed by atoms with Gasteiger partial charge < -0.3 is 16.0 Å². The molecule has 0 bridgehead atoms. The molecule has 1 aromatic rings. The molecule has 110 valence electrons. The summed E-state index contributed by atoms with van der Waals surface area (Å²) in [7, 11) is 0. The van der Waals surface area contributed by atoms with Crippen LogP contribution < -0.4 is 11.1 Å². The van der Waals surface area contributed by atoms with Crippen LogP contribution in [-0.4, -0.2) is 29.9 Å². The Morgan fingerprint density at radius 1 is 1.45 bits per heavy atom. The molecular weight excluding hydrogens is 297 g/mol. The number of hydrogen-bond donors (Lipinski definition) is 2. The molecule has 1 aliphatic carbocycles. The molecule has 0 radical (unpaired) electrons. The average Bonchev–Trinajstić information content (AvgIpc) is 3.19. The van der Waals surface area contributed by atoms with Crippen molar-refractivity contribution in [2.75, 3.05) is 24.1 Å². The van der Waals surface area contributed by atoms with Gasteiger partial charge in [-0.25, -0.2) is 0 Å². The second kappa shape index (κ2) is 6.66. The molecule has 0 aliphatic heterocycles. The standard InChI is InChI=1S/C14H19Cl2N3O/c1-2-19(10-3-4-10)6-5-13(20)18-14-11(16)7-9(15)8-12(14)17/h7-8,10H,2-6,17H2,1H3,(H,18,20). The van der Waals surface area contributed by atoms with Crippen LogP contribution in [0.25, 0.3) is 0 Å². The van der Waals surface area contributed by atoms with Crippen LogP contribution in [0.4, 0.5) is 11.4 Å². The molecule has 1 fully saturated rings. The summed E-state index contributed by atoms with van der Waals surface area (Å²) in [6, 6.07) is 3.81. The first-order valence-electron chi connectivity index (χ1n) is 6.79. The van der Waals surface area contributed by atoms with Gasteiger partial charge in [0.05, 0.1) is 16.4 Å². The predicted molar refractivity (Wildman–Crippen MR) is 84.4 cm³/mol. The number of nitrogen functional groups attached to an aromatic ring is 1. The number of nitrogens with one attached hydrogen (secondary N) is 1. The molecule has 6 heteroatoms. The van der Waals surface area contributed by atoms with Crippen LogP contribution in [-0.2, 0) is 4.79 Å². The summed E-state index contributed by atoms with van der Waals surface area (Å²) in [6.07, 6.45) is 2.92. The predicted octanol–water partition coefficient (Wildman–Crippen LogP) is 3.39. The minimum Gasteiger partial charge on any atom is -0.397 e. The molecule has 0 aromatic heterocycles. The first-order valence-corrected chi connectivity index (χ1v) is 7.55. The monoisotopic (exact) mass is 315 g/mol. The Bertz CT molecular complexity index is 480. The van der Waals surface area contributed by atoms with E-state index in [4.69, 9.17) is 28.9 Å². The van der Waals surface area contributed by atoms with Gasteiger partial charge in [0.2, 0.25) is 5.91 Å². The van der Waals surface area contributed by atoms with E-state index in [9.17, 15) is 4.79 Å². The zero-order valence-electron chi connectivity index (χ0n) is 11.5. The van der Waals surface area contributed by atoms with E-state index >= 15 is 0 Å². The van der Waals surface area contributed by atoms with Crippen LogP contribution in [0.5, 0.6) is 0 Å². The molecule has 3 N–H and O–H groups in total. The third kappa shape index (κ3) is 4.01. The van der Waals surface area contributed by atoms with Crippen LogP contribution in [0.15, 0.2) is 12.1 Å². The number of carbonyl (C=O) groups is 1. The van der Waals surface area contributed by atoms with Crippen LogP contribution in [0.3, 0.4) is 0 Å². The number of hydrogen-bond acceptors (Lipinski definition) is 3. The minimum atomic E-state index is -0.0833. The molecule has 0 atom stereocenters. The van der Waals surface area contributed by atoms with Crippen molar-refractivity contribution >= 4 is 40.5 Å². The van der Waals surface area contributed by atoms with Crippen molar-refractivity contribution < 1.29 is 4.79 Å². The molecule has 20 heavy (non-hydrogen) atoms. The molecule has 1 saturated carbocycles. The normalized spacial score (nSPS) is 14.6. The number of halogens is 2. The van der Waals surface area contributed by atoms with Gasteiger partial charge in [-0.05, 0) is 31.5 Å². The maximum absolute atomic E-state index is 12.0. The van der Waals surface area contributed by atoms with E-state index in [0.29, 0.717) is 33.9 Å². The summed E-state index contributed by atoms with van der Waals surface area (Å²) >= 11 is 11.9. The van der Waals surface area contributed by atoms with Crippen molar-refractivity contribution in [3.8, 4) is 0 Å². The van der Waals surface area contributed by atoms with Crippen molar-refractivity contribution in [2.24, 2.45) is 0 Å². The summed E-state index contributed by atoms with van der Waals surface area (Å²) in [6.45, 7) is 3.85. The van der Waals surface area contributed by atoms with Gasteiger partial charge >= 0.3 is 0 Å². The van der Waals surface area contributed by atoms with Gasteiger partial charge in [-0.1, -0.05) is 30.1 Å². The number of anilines is 2. The van der Waals surface area contributed by atoms with Crippen LogP contribution in [0.1, 0.15) is 26.2 Å². The van der Waals surface area contributed by atoms with Crippen LogP contribution >= 0.6 is 23.2 Å². The number of nitrogens with zero attached hydrogens (tertiary/aromatic N) is 1. The van der Waals surface area contributed by atoms with Crippen molar-refractivity contribution in [1.82, 2.24) is 4.90 Å². The highest BCUT2D eigenvalue weighted by Crippen LogP contribution is 2.32. The van der Waals surface area contributed by atoms with Gasteiger partial charge in [0, 0.05) is 24.0 Å². The number of benzene rings is 1. The lowest BCUT2D eigenvalue weighted by molar-refractivity contribution is -0.116. The molecule has 2 rings (SSSR count). The van der Waals surface area contributed by atoms with E-state index in [1.165, 1.54) is 12.8 Å². The lowest BCUT2D eigenvalue weighted by Crippen LogP contribution is -2.29. The smallest absolute Gasteiger partial charge is 0.225 e. The molecule has 0 saturated heterocycles. The SMILES string of the molecule is CCN(CCC(=O)Nc1c(N)cc(Cl)cc1Cl)C1CC1. The third-order valence-corrected chi connectivity index (χ3v) is 3.96. The van der Waals surface area contributed by atoms with E-state index in [2.05, 4.69) is 17.1 Å². The lowest BCUT2D eigenvalue weighted by atomic mass is 10.2. The topological polar surface area (TPSA) is 58.4 Å². The van der Waals surface area contributed by atoms with Gasteiger partial charge in [-0.3, -0.25) is 4.79 Å². The highest BCUT2D eigenvalue weighted by atomic mass is 35.5. The molecular formula is C14H19Cl2N3O. The summed E-state index contributed by atoms with van der Waals surface area (Å²) in [4.78, 5) is 14.3. The van der Waals surface area contributed by atoms with E-state index in [1.54, 1.807) is 12.1 Å². The number of rotatable bonds is 6. The first-order chi connectivity index (χ1) is 9.51. The van der Waals surface area contributed by atoms with Gasteiger partial charge in [-0.15, -0.1) is 0 Å². The number of carbonyl (C=O) groups excluding carboxylic acids is 1. The van der Waals surface area contributed by atoms with Crippen LogP contribution in [0.2, 0.25) is 10.0 Å². The number of amides is 1.